The molecule has 1 unspecified atom stereocenters. The molecule has 0 aromatic heterocycles. The third-order valence-corrected chi connectivity index (χ3v) is 3.00. The summed E-state index contributed by atoms with van der Waals surface area (Å²) in [5.74, 6) is 0. The molecule has 2 heteroatoms. The van der Waals surface area contributed by atoms with Crippen molar-refractivity contribution in [3.8, 4) is 0 Å². The molecule has 0 N–H and O–H groups in total. The second-order valence-corrected chi connectivity index (χ2v) is 4.86. The van der Waals surface area contributed by atoms with Gasteiger partial charge in [0.05, 0.1) is 0 Å². The predicted molar refractivity (Wildman–Crippen MR) is 62.4 cm³/mol. The van der Waals surface area contributed by atoms with Gasteiger partial charge < -0.3 is 0 Å². The van der Waals surface area contributed by atoms with Gasteiger partial charge in [0, 0.05) is 9.85 Å². The Kier molecular flexibility index (Phi) is 4.82. The molecule has 0 radical (unpaired) electrons. The maximum absolute atomic E-state index is 5.87. The van der Waals surface area contributed by atoms with Crippen LogP contribution >= 0.6 is 27.5 Å². The maximum atomic E-state index is 5.87. The average molecular weight is 262 g/mol. The Bertz CT molecular complexity index is 258. The van der Waals surface area contributed by atoms with Gasteiger partial charge in [-0.05, 0) is 37.8 Å². The van der Waals surface area contributed by atoms with Crippen LogP contribution in [0.5, 0.6) is 0 Å². The minimum atomic E-state index is 0.294. The van der Waals surface area contributed by atoms with Crippen LogP contribution in [0.2, 0.25) is 0 Å². The highest BCUT2D eigenvalue weighted by molar-refractivity contribution is 9.10. The molecule has 1 rings (SSSR count). The van der Waals surface area contributed by atoms with Crippen molar-refractivity contribution in [2.45, 2.75) is 31.6 Å². The largest absolute Gasteiger partial charge is 0.123 e. The number of alkyl halides is 1. The quantitative estimate of drug-likeness (QED) is 0.705. The lowest BCUT2D eigenvalue weighted by atomic mass is 10.1. The lowest BCUT2D eigenvalue weighted by molar-refractivity contribution is 0.722. The molecule has 0 nitrogen and oxygen atoms in total. The highest BCUT2D eigenvalue weighted by atomic mass is 79.9. The molecule has 72 valence electrons. The van der Waals surface area contributed by atoms with Crippen molar-refractivity contribution in [1.82, 2.24) is 0 Å². The van der Waals surface area contributed by atoms with Crippen LogP contribution in [0.4, 0.5) is 0 Å². The maximum Gasteiger partial charge on any atom is 0.0308 e. The number of rotatable bonds is 4. The fourth-order valence-electron chi connectivity index (χ4n) is 1.27. The number of benzene rings is 1. The van der Waals surface area contributed by atoms with Gasteiger partial charge in [-0.25, -0.2) is 0 Å². The molecule has 0 fully saturated rings. The summed E-state index contributed by atoms with van der Waals surface area (Å²) < 4.78 is 1.21. The fraction of sp³-hybridized carbons (Fsp3) is 0.455. The van der Waals surface area contributed by atoms with Crippen LogP contribution in [-0.4, -0.2) is 5.38 Å². The minimum Gasteiger partial charge on any atom is -0.123 e. The third-order valence-electron chi connectivity index (χ3n) is 2.01. The van der Waals surface area contributed by atoms with Crippen molar-refractivity contribution in [3.63, 3.8) is 0 Å². The van der Waals surface area contributed by atoms with E-state index in [1.165, 1.54) is 10.0 Å². The highest BCUT2D eigenvalue weighted by Gasteiger charge is 2.00. The van der Waals surface area contributed by atoms with E-state index in [0.29, 0.717) is 5.38 Å². The fourth-order valence-corrected chi connectivity index (χ4v) is 1.91. The molecule has 0 heterocycles. The molecule has 1 aromatic rings. The molecule has 0 aliphatic rings. The topological polar surface area (TPSA) is 0 Å². The van der Waals surface area contributed by atoms with Gasteiger partial charge in [0.25, 0.3) is 0 Å². The second-order valence-electron chi connectivity index (χ2n) is 3.26. The Morgan fingerprint density at radius 2 is 2.08 bits per heavy atom. The first-order chi connectivity index (χ1) is 6.20. The summed E-state index contributed by atoms with van der Waals surface area (Å²) in [5, 5.41) is 0.294. The Balaban J connectivity index is 2.41. The van der Waals surface area contributed by atoms with Crippen molar-refractivity contribution in [3.05, 3.63) is 34.3 Å². The van der Waals surface area contributed by atoms with Gasteiger partial charge in [-0.1, -0.05) is 34.1 Å². The summed E-state index contributed by atoms with van der Waals surface area (Å²) in [6.45, 7) is 2.04. The van der Waals surface area contributed by atoms with E-state index < -0.39 is 0 Å². The van der Waals surface area contributed by atoms with Gasteiger partial charge in [-0.2, -0.15) is 0 Å². The van der Waals surface area contributed by atoms with Crippen LogP contribution in [0, 0.1) is 0 Å². The van der Waals surface area contributed by atoms with E-state index in [2.05, 4.69) is 34.1 Å². The third kappa shape index (κ3) is 4.15. The highest BCUT2D eigenvalue weighted by Crippen LogP contribution is 2.18. The first-order valence-electron chi connectivity index (χ1n) is 4.57. The molecular weight excluding hydrogens is 247 g/mol. The molecule has 13 heavy (non-hydrogen) atoms. The number of hydrogen-bond donors (Lipinski definition) is 0. The van der Waals surface area contributed by atoms with Crippen LogP contribution in [0.25, 0.3) is 0 Å². The Morgan fingerprint density at radius 1 is 1.38 bits per heavy atom. The lowest BCUT2D eigenvalue weighted by Crippen LogP contribution is -1.93. The number of halogens is 2. The molecular formula is C11H14BrCl. The molecule has 0 saturated carbocycles. The molecule has 0 spiro atoms. The predicted octanol–water partition coefficient (Wildman–Crippen LogP) is 4.40. The number of aryl methyl sites for hydroxylation is 1. The smallest absolute Gasteiger partial charge is 0.0308 e. The molecule has 1 aromatic carbocycles. The SMILES string of the molecule is CC(Cl)CCCc1ccccc1Br. The number of hydrogen-bond acceptors (Lipinski definition) is 0. The molecule has 1 atom stereocenters. The van der Waals surface area contributed by atoms with Crippen molar-refractivity contribution in [1.29, 1.82) is 0 Å². The van der Waals surface area contributed by atoms with Crippen LogP contribution in [0.15, 0.2) is 28.7 Å². The zero-order chi connectivity index (χ0) is 9.68. The summed E-state index contributed by atoms with van der Waals surface area (Å²) in [6, 6.07) is 8.35. The molecule has 0 aliphatic carbocycles. The van der Waals surface area contributed by atoms with E-state index in [9.17, 15) is 0 Å². The standard InChI is InChI=1S/C11H14BrCl/c1-9(13)5-4-7-10-6-2-3-8-11(10)12/h2-3,6,8-9H,4-5,7H2,1H3. The van der Waals surface area contributed by atoms with Gasteiger partial charge in [-0.15, -0.1) is 11.6 Å². The van der Waals surface area contributed by atoms with Gasteiger partial charge >= 0.3 is 0 Å². The van der Waals surface area contributed by atoms with E-state index in [0.717, 1.165) is 19.3 Å². The van der Waals surface area contributed by atoms with Crippen LogP contribution in [0.1, 0.15) is 25.3 Å². The Labute approximate surface area is 93.4 Å². The average Bonchev–Trinajstić information content (AvgIpc) is 2.08. The zero-order valence-corrected chi connectivity index (χ0v) is 10.1. The first kappa shape index (κ1) is 11.1. The van der Waals surface area contributed by atoms with Gasteiger partial charge in [-0.3, -0.25) is 0 Å². The van der Waals surface area contributed by atoms with Crippen LogP contribution < -0.4 is 0 Å². The summed E-state index contributed by atoms with van der Waals surface area (Å²) >= 11 is 9.40. The van der Waals surface area contributed by atoms with Crippen molar-refractivity contribution >= 4 is 27.5 Å². The second kappa shape index (κ2) is 5.66. The monoisotopic (exact) mass is 260 g/mol. The van der Waals surface area contributed by atoms with E-state index in [-0.39, 0.29) is 0 Å². The van der Waals surface area contributed by atoms with Gasteiger partial charge in [0.1, 0.15) is 0 Å². The van der Waals surface area contributed by atoms with E-state index in [1.807, 2.05) is 13.0 Å². The normalized spacial score (nSPS) is 12.8. The summed E-state index contributed by atoms with van der Waals surface area (Å²) in [4.78, 5) is 0. The molecule has 0 aliphatic heterocycles. The van der Waals surface area contributed by atoms with Crippen LogP contribution in [0.3, 0.4) is 0 Å². The lowest BCUT2D eigenvalue weighted by Gasteiger charge is -2.04. The Morgan fingerprint density at radius 3 is 2.69 bits per heavy atom. The van der Waals surface area contributed by atoms with E-state index in [4.69, 9.17) is 11.6 Å². The molecule has 0 bridgehead atoms. The Hall–Kier alpha value is -0.0100. The summed E-state index contributed by atoms with van der Waals surface area (Å²) in [6.07, 6.45) is 3.36. The molecule has 0 amide bonds. The van der Waals surface area contributed by atoms with Crippen molar-refractivity contribution < 1.29 is 0 Å². The van der Waals surface area contributed by atoms with E-state index in [1.54, 1.807) is 0 Å². The first-order valence-corrected chi connectivity index (χ1v) is 5.80. The summed E-state index contributed by atoms with van der Waals surface area (Å²) in [5.41, 5.74) is 1.37. The van der Waals surface area contributed by atoms with Crippen molar-refractivity contribution in [2.75, 3.05) is 0 Å². The van der Waals surface area contributed by atoms with Gasteiger partial charge in [0.15, 0.2) is 0 Å². The summed E-state index contributed by atoms with van der Waals surface area (Å²) in [7, 11) is 0. The molecule has 0 saturated heterocycles. The minimum absolute atomic E-state index is 0.294. The zero-order valence-electron chi connectivity index (χ0n) is 7.76. The van der Waals surface area contributed by atoms with Crippen LogP contribution in [-0.2, 0) is 6.42 Å². The van der Waals surface area contributed by atoms with E-state index >= 15 is 0 Å². The van der Waals surface area contributed by atoms with Crippen molar-refractivity contribution in [2.24, 2.45) is 0 Å². The van der Waals surface area contributed by atoms with Gasteiger partial charge in [0.2, 0.25) is 0 Å².